The molecule has 0 bridgehead atoms. The van der Waals surface area contributed by atoms with Gasteiger partial charge in [0.2, 0.25) is 0 Å². The first-order valence-electron chi connectivity index (χ1n) is 12.0. The minimum atomic E-state index is 0.867. The fourth-order valence-corrected chi connectivity index (χ4v) is 5.48. The third kappa shape index (κ3) is 4.92. The Kier molecular flexibility index (Phi) is 6.52. The second-order valence-electron chi connectivity index (χ2n) is 9.36. The largest absolute Gasteiger partial charge is 0.497 e. The molecular weight excluding hydrogens is 450 g/mol. The number of hydrogen-bond acceptors (Lipinski definition) is 4. The van der Waals surface area contributed by atoms with E-state index in [1.807, 2.05) is 14.0 Å². The summed E-state index contributed by atoms with van der Waals surface area (Å²) in [5.41, 5.74) is 11.2. The van der Waals surface area contributed by atoms with E-state index in [2.05, 4.69) is 72.8 Å². The lowest BCUT2D eigenvalue weighted by molar-refractivity contribution is 0.414. The number of aromatic nitrogens is 2. The Hall–Kier alpha value is -3.31. The standard InChI is InChI=1S/C30H31N3OS/c1-19(2)35-30-32-29(18-33(30)4)24-14-23-16-25(34-5)15-22(26(23)17-24)11-12-27-20(3)13-28(31-27)21-9-7-6-8-10-21/h6-10,15-18H,1,11-14H2,2-5H3. The van der Waals surface area contributed by atoms with Crippen molar-refractivity contribution in [2.75, 3.05) is 7.11 Å². The number of rotatable bonds is 8. The quantitative estimate of drug-likeness (QED) is 0.318. The molecule has 2 aliphatic rings. The molecule has 0 atom stereocenters. The van der Waals surface area contributed by atoms with E-state index < -0.39 is 0 Å². The lowest BCUT2D eigenvalue weighted by atomic mass is 9.97. The Labute approximate surface area is 212 Å². The molecule has 1 aliphatic carbocycles. The summed E-state index contributed by atoms with van der Waals surface area (Å²) in [5, 5.41) is 0.970. The van der Waals surface area contributed by atoms with Crippen molar-refractivity contribution in [1.82, 2.24) is 9.55 Å². The van der Waals surface area contributed by atoms with Crippen LogP contribution in [0.4, 0.5) is 0 Å². The van der Waals surface area contributed by atoms with Crippen LogP contribution in [0.5, 0.6) is 5.75 Å². The first-order valence-corrected chi connectivity index (χ1v) is 12.8. The maximum absolute atomic E-state index is 5.66. The molecule has 4 nitrogen and oxygen atoms in total. The van der Waals surface area contributed by atoms with Crippen molar-refractivity contribution in [3.05, 3.63) is 99.4 Å². The molecule has 35 heavy (non-hydrogen) atoms. The molecule has 1 aliphatic heterocycles. The molecule has 3 aromatic rings. The molecule has 0 saturated carbocycles. The number of fused-ring (bicyclic) bond motifs is 1. The van der Waals surface area contributed by atoms with Gasteiger partial charge in [0.05, 0.1) is 18.5 Å². The molecule has 0 fully saturated rings. The van der Waals surface area contributed by atoms with E-state index in [4.69, 9.17) is 14.7 Å². The van der Waals surface area contributed by atoms with Gasteiger partial charge >= 0.3 is 0 Å². The fraction of sp³-hybridized carbons (Fsp3) is 0.267. The van der Waals surface area contributed by atoms with E-state index in [1.165, 1.54) is 44.8 Å². The van der Waals surface area contributed by atoms with Crippen molar-refractivity contribution in [3.8, 4) is 5.75 Å². The summed E-state index contributed by atoms with van der Waals surface area (Å²) in [6.07, 6.45) is 8.09. The molecule has 0 spiro atoms. The summed E-state index contributed by atoms with van der Waals surface area (Å²) in [6.45, 7) is 8.23. The molecule has 2 aromatic carbocycles. The molecule has 5 heteroatoms. The van der Waals surface area contributed by atoms with Crippen LogP contribution in [0.25, 0.3) is 11.6 Å². The van der Waals surface area contributed by atoms with Crippen LogP contribution >= 0.6 is 11.8 Å². The predicted molar refractivity (Wildman–Crippen MR) is 147 cm³/mol. The molecule has 0 amide bonds. The summed E-state index contributed by atoms with van der Waals surface area (Å²) in [5.74, 6) is 0.915. The van der Waals surface area contributed by atoms with Crippen molar-refractivity contribution < 1.29 is 4.74 Å². The SMILES string of the molecule is C=C(C)Sc1nc(C2=Cc3c(CCC4=C(C)CC(c5ccccc5)=N4)cc(OC)cc3C2)cn1C. The Balaban J connectivity index is 1.39. The summed E-state index contributed by atoms with van der Waals surface area (Å²) in [6, 6.07) is 14.9. The Morgan fingerprint density at radius 2 is 1.94 bits per heavy atom. The van der Waals surface area contributed by atoms with Gasteiger partial charge in [-0.2, -0.15) is 0 Å². The molecule has 2 heterocycles. The molecule has 1 aromatic heterocycles. The highest BCUT2D eigenvalue weighted by Gasteiger charge is 2.22. The molecular formula is C30H31N3OS. The zero-order valence-electron chi connectivity index (χ0n) is 20.9. The Bertz CT molecular complexity index is 1390. The molecule has 0 N–H and O–H groups in total. The number of allylic oxidation sites excluding steroid dienone is 4. The highest BCUT2D eigenvalue weighted by atomic mass is 32.2. The predicted octanol–water partition coefficient (Wildman–Crippen LogP) is 7.25. The van der Waals surface area contributed by atoms with Gasteiger partial charge in [-0.25, -0.2) is 4.98 Å². The van der Waals surface area contributed by atoms with Crippen LogP contribution in [-0.4, -0.2) is 22.4 Å². The average molecular weight is 482 g/mol. The number of aryl methyl sites for hydroxylation is 2. The number of thioether (sulfide) groups is 1. The number of ether oxygens (including phenoxy) is 1. The molecule has 178 valence electrons. The van der Waals surface area contributed by atoms with Crippen LogP contribution in [0.2, 0.25) is 0 Å². The summed E-state index contributed by atoms with van der Waals surface area (Å²) in [4.78, 5) is 10.9. The normalized spacial score (nSPS) is 14.7. The van der Waals surface area contributed by atoms with E-state index >= 15 is 0 Å². The van der Waals surface area contributed by atoms with Crippen LogP contribution in [-0.2, 0) is 19.9 Å². The first kappa shape index (κ1) is 23.4. The van der Waals surface area contributed by atoms with Gasteiger partial charge in [0.15, 0.2) is 5.16 Å². The van der Waals surface area contributed by atoms with E-state index in [0.29, 0.717) is 0 Å². The lowest BCUT2D eigenvalue weighted by Gasteiger charge is -2.11. The molecule has 5 rings (SSSR count). The van der Waals surface area contributed by atoms with E-state index in [1.54, 1.807) is 18.9 Å². The number of methoxy groups -OCH3 is 1. The topological polar surface area (TPSA) is 39.4 Å². The van der Waals surface area contributed by atoms with Crippen molar-refractivity contribution in [3.63, 3.8) is 0 Å². The number of imidazole rings is 1. The second-order valence-corrected chi connectivity index (χ2v) is 10.6. The van der Waals surface area contributed by atoms with Gasteiger partial charge in [-0.05, 0) is 83.2 Å². The maximum atomic E-state index is 5.66. The highest BCUT2D eigenvalue weighted by Crippen LogP contribution is 2.38. The van der Waals surface area contributed by atoms with Gasteiger partial charge in [-0.1, -0.05) is 48.7 Å². The van der Waals surface area contributed by atoms with Crippen molar-refractivity contribution in [2.24, 2.45) is 12.0 Å². The Morgan fingerprint density at radius 3 is 2.69 bits per heavy atom. The van der Waals surface area contributed by atoms with Crippen LogP contribution in [0.15, 0.2) is 81.6 Å². The van der Waals surface area contributed by atoms with Gasteiger partial charge in [-0.3, -0.25) is 4.99 Å². The van der Waals surface area contributed by atoms with E-state index in [9.17, 15) is 0 Å². The van der Waals surface area contributed by atoms with Crippen LogP contribution < -0.4 is 4.74 Å². The van der Waals surface area contributed by atoms with Crippen molar-refractivity contribution >= 4 is 29.1 Å². The van der Waals surface area contributed by atoms with Gasteiger partial charge in [-0.15, -0.1) is 0 Å². The minimum absolute atomic E-state index is 0.867. The number of hydrogen-bond donors (Lipinski definition) is 0. The third-order valence-electron chi connectivity index (χ3n) is 6.62. The summed E-state index contributed by atoms with van der Waals surface area (Å²) < 4.78 is 7.74. The van der Waals surface area contributed by atoms with Crippen molar-refractivity contribution in [1.29, 1.82) is 0 Å². The van der Waals surface area contributed by atoms with E-state index in [0.717, 1.165) is 47.2 Å². The fourth-order valence-electron chi connectivity index (χ4n) is 4.82. The zero-order chi connectivity index (χ0) is 24.5. The molecule has 0 unspecified atom stereocenters. The van der Waals surface area contributed by atoms with E-state index in [-0.39, 0.29) is 0 Å². The second kappa shape index (κ2) is 9.74. The number of benzene rings is 2. The van der Waals surface area contributed by atoms with Gasteiger partial charge in [0, 0.05) is 31.8 Å². The third-order valence-corrected chi connectivity index (χ3v) is 7.53. The Morgan fingerprint density at radius 1 is 1.14 bits per heavy atom. The smallest absolute Gasteiger partial charge is 0.172 e. The van der Waals surface area contributed by atoms with Crippen LogP contribution in [0.1, 0.15) is 54.6 Å². The number of aliphatic imine (C=N–C) groups is 1. The number of nitrogens with zero attached hydrogens (tertiary/aromatic N) is 3. The minimum Gasteiger partial charge on any atom is -0.497 e. The van der Waals surface area contributed by atoms with Gasteiger partial charge in [0.1, 0.15) is 5.75 Å². The monoisotopic (exact) mass is 481 g/mol. The molecule has 0 radical (unpaired) electrons. The molecule has 0 saturated heterocycles. The van der Waals surface area contributed by atoms with Crippen LogP contribution in [0.3, 0.4) is 0 Å². The first-order chi connectivity index (χ1) is 16.9. The summed E-state index contributed by atoms with van der Waals surface area (Å²) in [7, 11) is 3.79. The van der Waals surface area contributed by atoms with Gasteiger partial charge in [0.25, 0.3) is 0 Å². The van der Waals surface area contributed by atoms with Crippen molar-refractivity contribution in [2.45, 2.75) is 44.7 Å². The highest BCUT2D eigenvalue weighted by molar-refractivity contribution is 8.02. The van der Waals surface area contributed by atoms with Gasteiger partial charge < -0.3 is 9.30 Å². The summed E-state index contributed by atoms with van der Waals surface area (Å²) >= 11 is 1.61. The van der Waals surface area contributed by atoms with Crippen LogP contribution in [0, 0.1) is 0 Å². The lowest BCUT2D eigenvalue weighted by Crippen LogP contribution is -1.97. The zero-order valence-corrected chi connectivity index (χ0v) is 21.7. The average Bonchev–Trinajstić information content (AvgIpc) is 3.54. The maximum Gasteiger partial charge on any atom is 0.172 e.